The molecule has 0 saturated heterocycles. The van der Waals surface area contributed by atoms with Gasteiger partial charge >= 0.3 is 0 Å². The largest absolute Gasteiger partial charge is 0.391 e. The maximum absolute atomic E-state index is 11.9. The third-order valence-corrected chi connectivity index (χ3v) is 3.57. The Labute approximate surface area is 111 Å². The summed E-state index contributed by atoms with van der Waals surface area (Å²) < 4.78 is 0. The fourth-order valence-corrected chi connectivity index (χ4v) is 2.98. The van der Waals surface area contributed by atoms with E-state index in [0.29, 0.717) is 12.3 Å². The average Bonchev–Trinajstić information content (AvgIpc) is 2.18. The number of amides is 1. The molecule has 0 aliphatic heterocycles. The molecular formula is C15H29NO2. The molecule has 0 heterocycles. The predicted molar refractivity (Wildman–Crippen MR) is 74.3 cm³/mol. The lowest BCUT2D eigenvalue weighted by molar-refractivity contribution is -0.124. The van der Waals surface area contributed by atoms with Gasteiger partial charge in [0, 0.05) is 6.42 Å². The number of carbonyl (C=O) groups is 1. The zero-order chi connectivity index (χ0) is 13.8. The second-order valence-corrected chi connectivity index (χ2v) is 7.10. The molecule has 3 nitrogen and oxygen atoms in total. The first-order valence-corrected chi connectivity index (χ1v) is 7.25. The first-order chi connectivity index (χ1) is 8.28. The van der Waals surface area contributed by atoms with Gasteiger partial charge < -0.3 is 10.4 Å². The normalized spacial score (nSPS) is 26.7. The number of aliphatic hydroxyl groups excluding tert-OH is 1. The van der Waals surface area contributed by atoms with Gasteiger partial charge in [-0.2, -0.15) is 0 Å². The minimum Gasteiger partial charge on any atom is -0.391 e. The van der Waals surface area contributed by atoms with E-state index >= 15 is 0 Å². The van der Waals surface area contributed by atoms with Gasteiger partial charge in [-0.15, -0.1) is 0 Å². The SMILES string of the molecule is CC(CC(=O)N[C@@H]1CCCC[C@H]1O)CC(C)(C)C. The Kier molecular flexibility index (Phi) is 5.64. The standard InChI is InChI=1S/C15H29NO2/c1-11(10-15(2,3)4)9-14(18)16-12-7-5-6-8-13(12)17/h11-13,17H,5-10H2,1-4H3,(H,16,18)/t11?,12-,13-/m1/s1. The van der Waals surface area contributed by atoms with Gasteiger partial charge in [-0.25, -0.2) is 0 Å². The van der Waals surface area contributed by atoms with Crippen molar-refractivity contribution in [3.8, 4) is 0 Å². The number of hydrogen-bond acceptors (Lipinski definition) is 2. The third kappa shape index (κ3) is 5.85. The third-order valence-electron chi connectivity index (χ3n) is 3.57. The second-order valence-electron chi connectivity index (χ2n) is 7.10. The summed E-state index contributed by atoms with van der Waals surface area (Å²) in [4.78, 5) is 11.9. The maximum atomic E-state index is 11.9. The fourth-order valence-electron chi connectivity index (χ4n) is 2.98. The highest BCUT2D eigenvalue weighted by Crippen LogP contribution is 2.26. The molecule has 0 radical (unpaired) electrons. The van der Waals surface area contributed by atoms with E-state index in [2.05, 4.69) is 33.0 Å². The van der Waals surface area contributed by atoms with Crippen LogP contribution >= 0.6 is 0 Å². The van der Waals surface area contributed by atoms with Gasteiger partial charge in [0.25, 0.3) is 0 Å². The Balaban J connectivity index is 2.32. The lowest BCUT2D eigenvalue weighted by atomic mass is 9.84. The minimum absolute atomic E-state index is 0.0203. The molecule has 0 aromatic heterocycles. The molecule has 1 saturated carbocycles. The zero-order valence-corrected chi connectivity index (χ0v) is 12.3. The molecule has 106 valence electrons. The number of hydrogen-bond donors (Lipinski definition) is 2. The molecule has 0 spiro atoms. The first-order valence-electron chi connectivity index (χ1n) is 7.25. The highest BCUT2D eigenvalue weighted by Gasteiger charge is 2.25. The molecular weight excluding hydrogens is 226 g/mol. The number of nitrogens with one attached hydrogen (secondary N) is 1. The Morgan fingerprint density at radius 3 is 2.50 bits per heavy atom. The van der Waals surface area contributed by atoms with Crippen molar-refractivity contribution in [2.75, 3.05) is 0 Å². The van der Waals surface area contributed by atoms with Crippen molar-refractivity contribution in [1.82, 2.24) is 5.32 Å². The highest BCUT2D eigenvalue weighted by molar-refractivity contribution is 5.76. The summed E-state index contributed by atoms with van der Waals surface area (Å²) in [6, 6.07) is -0.0203. The van der Waals surface area contributed by atoms with E-state index in [1.54, 1.807) is 0 Å². The molecule has 1 aliphatic carbocycles. The maximum Gasteiger partial charge on any atom is 0.220 e. The lowest BCUT2D eigenvalue weighted by Crippen LogP contribution is -2.45. The number of carbonyl (C=O) groups excluding carboxylic acids is 1. The van der Waals surface area contributed by atoms with Gasteiger partial charge in [-0.3, -0.25) is 4.79 Å². The van der Waals surface area contributed by atoms with Crippen molar-refractivity contribution >= 4 is 5.91 Å². The van der Waals surface area contributed by atoms with Crippen molar-refractivity contribution in [2.45, 2.75) is 78.4 Å². The molecule has 1 amide bonds. The van der Waals surface area contributed by atoms with Crippen LogP contribution in [0.5, 0.6) is 0 Å². The van der Waals surface area contributed by atoms with Gasteiger partial charge in [0.1, 0.15) is 0 Å². The second kappa shape index (κ2) is 6.55. The quantitative estimate of drug-likeness (QED) is 0.811. The number of rotatable bonds is 4. The molecule has 1 unspecified atom stereocenters. The summed E-state index contributed by atoms with van der Waals surface area (Å²) in [5.41, 5.74) is 0.268. The molecule has 0 bridgehead atoms. The fraction of sp³-hybridized carbons (Fsp3) is 0.933. The van der Waals surface area contributed by atoms with Gasteiger partial charge in [0.05, 0.1) is 12.1 Å². The molecule has 0 aromatic rings. The summed E-state index contributed by atoms with van der Waals surface area (Å²) in [5.74, 6) is 0.489. The predicted octanol–water partition coefficient (Wildman–Crippen LogP) is 2.87. The Morgan fingerprint density at radius 1 is 1.33 bits per heavy atom. The van der Waals surface area contributed by atoms with Crippen LogP contribution in [0.2, 0.25) is 0 Å². The minimum atomic E-state index is -0.347. The molecule has 18 heavy (non-hydrogen) atoms. The van der Waals surface area contributed by atoms with Crippen molar-refractivity contribution in [3.05, 3.63) is 0 Å². The van der Waals surface area contributed by atoms with Crippen molar-refractivity contribution < 1.29 is 9.90 Å². The summed E-state index contributed by atoms with van der Waals surface area (Å²) in [5, 5.41) is 12.8. The van der Waals surface area contributed by atoms with Gasteiger partial charge in [0.2, 0.25) is 5.91 Å². The molecule has 3 atom stereocenters. The van der Waals surface area contributed by atoms with Gasteiger partial charge in [-0.05, 0) is 30.6 Å². The van der Waals surface area contributed by atoms with Crippen LogP contribution in [0.1, 0.15) is 66.2 Å². The van der Waals surface area contributed by atoms with E-state index in [9.17, 15) is 9.90 Å². The zero-order valence-electron chi connectivity index (χ0n) is 12.3. The Hall–Kier alpha value is -0.570. The summed E-state index contributed by atoms with van der Waals surface area (Å²) in [6.45, 7) is 8.73. The van der Waals surface area contributed by atoms with E-state index in [1.807, 2.05) is 0 Å². The summed E-state index contributed by atoms with van der Waals surface area (Å²) in [7, 11) is 0. The van der Waals surface area contributed by atoms with E-state index in [0.717, 1.165) is 32.1 Å². The van der Waals surface area contributed by atoms with Gasteiger partial charge in [-0.1, -0.05) is 40.5 Å². The van der Waals surface area contributed by atoms with Crippen LogP contribution < -0.4 is 5.32 Å². The molecule has 0 aromatic carbocycles. The van der Waals surface area contributed by atoms with Crippen LogP contribution in [-0.2, 0) is 4.79 Å². The average molecular weight is 255 g/mol. The molecule has 3 heteroatoms. The molecule has 1 rings (SSSR count). The van der Waals surface area contributed by atoms with Gasteiger partial charge in [0.15, 0.2) is 0 Å². The van der Waals surface area contributed by atoms with Crippen LogP contribution in [0.15, 0.2) is 0 Å². The monoisotopic (exact) mass is 255 g/mol. The first kappa shape index (κ1) is 15.5. The molecule has 2 N–H and O–H groups in total. The molecule has 1 fully saturated rings. The summed E-state index contributed by atoms with van der Waals surface area (Å²) in [6.07, 6.45) is 5.20. The van der Waals surface area contributed by atoms with Crippen LogP contribution in [-0.4, -0.2) is 23.2 Å². The van der Waals surface area contributed by atoms with Crippen molar-refractivity contribution in [3.63, 3.8) is 0 Å². The van der Waals surface area contributed by atoms with E-state index in [4.69, 9.17) is 0 Å². The number of aliphatic hydroxyl groups is 1. The van der Waals surface area contributed by atoms with Crippen LogP contribution in [0.3, 0.4) is 0 Å². The van der Waals surface area contributed by atoms with Crippen LogP contribution in [0, 0.1) is 11.3 Å². The smallest absolute Gasteiger partial charge is 0.220 e. The van der Waals surface area contributed by atoms with E-state index < -0.39 is 0 Å². The van der Waals surface area contributed by atoms with Crippen molar-refractivity contribution in [1.29, 1.82) is 0 Å². The highest BCUT2D eigenvalue weighted by atomic mass is 16.3. The lowest BCUT2D eigenvalue weighted by Gasteiger charge is -2.29. The Morgan fingerprint density at radius 2 is 1.94 bits per heavy atom. The van der Waals surface area contributed by atoms with E-state index in [-0.39, 0.29) is 23.5 Å². The van der Waals surface area contributed by atoms with Crippen LogP contribution in [0.25, 0.3) is 0 Å². The van der Waals surface area contributed by atoms with Crippen molar-refractivity contribution in [2.24, 2.45) is 11.3 Å². The topological polar surface area (TPSA) is 49.3 Å². The summed E-state index contributed by atoms with van der Waals surface area (Å²) >= 11 is 0. The van der Waals surface area contributed by atoms with Crippen LogP contribution in [0.4, 0.5) is 0 Å². The van der Waals surface area contributed by atoms with E-state index in [1.165, 1.54) is 0 Å². The Bertz CT molecular complexity index is 270. The molecule has 1 aliphatic rings.